The number of nitrogens with one attached hydrogen (secondary N) is 1. The first-order chi connectivity index (χ1) is 14.0. The molecule has 1 N–H and O–H groups in total. The fourth-order valence-corrected chi connectivity index (χ4v) is 6.17. The molecule has 3 fully saturated rings. The highest BCUT2D eigenvalue weighted by Gasteiger charge is 2.44. The Bertz CT molecular complexity index is 1000. The summed E-state index contributed by atoms with van der Waals surface area (Å²) < 4.78 is 32.7. The Labute approximate surface area is 170 Å². The molecule has 0 radical (unpaired) electrons. The highest BCUT2D eigenvalue weighted by atomic mass is 32.2. The summed E-state index contributed by atoms with van der Waals surface area (Å²) in [6.07, 6.45) is 7.22. The number of hydrogen-bond acceptors (Lipinski definition) is 5. The smallest absolute Gasteiger partial charge is 0.409 e. The molecule has 3 aliphatic rings. The number of aromatic amines is 1. The van der Waals surface area contributed by atoms with Gasteiger partial charge in [-0.15, -0.1) is 0 Å². The average molecular weight is 419 g/mol. The third-order valence-corrected chi connectivity index (χ3v) is 8.63. The van der Waals surface area contributed by atoms with E-state index in [0.29, 0.717) is 31.5 Å². The molecule has 0 unspecified atom stereocenters. The number of amides is 1. The molecule has 4 heterocycles. The van der Waals surface area contributed by atoms with Crippen molar-refractivity contribution in [3.05, 3.63) is 30.1 Å². The van der Waals surface area contributed by atoms with Gasteiger partial charge in [0.05, 0.1) is 6.61 Å². The lowest BCUT2D eigenvalue weighted by molar-refractivity contribution is 0.0778. The van der Waals surface area contributed by atoms with Crippen molar-refractivity contribution in [2.75, 3.05) is 32.8 Å². The van der Waals surface area contributed by atoms with Crippen LogP contribution in [0.15, 0.2) is 24.5 Å². The van der Waals surface area contributed by atoms with Crippen LogP contribution >= 0.6 is 0 Å². The number of aromatic nitrogens is 2. The van der Waals surface area contributed by atoms with Gasteiger partial charge in [-0.05, 0) is 55.2 Å². The number of carbonyl (C=O) groups excluding carboxylic acids is 1. The second-order valence-corrected chi connectivity index (χ2v) is 10.6. The monoisotopic (exact) mass is 418 g/mol. The molecule has 0 atom stereocenters. The van der Waals surface area contributed by atoms with E-state index in [0.717, 1.165) is 36.7 Å². The minimum atomic E-state index is -3.38. The first-order valence-corrected chi connectivity index (χ1v) is 11.9. The number of rotatable bonds is 5. The number of likely N-dealkylation sites (tertiary alicyclic amines) is 1. The van der Waals surface area contributed by atoms with Crippen molar-refractivity contribution in [2.24, 2.45) is 5.92 Å². The van der Waals surface area contributed by atoms with Crippen LogP contribution in [0.5, 0.6) is 0 Å². The SMILES string of the molecule is O=C(OCC1CC1)N1CC(S(=O)(=O)N2CCC(c3c[nH]c4ncccc34)CC2)C1. The van der Waals surface area contributed by atoms with E-state index < -0.39 is 15.3 Å². The van der Waals surface area contributed by atoms with Crippen LogP contribution in [0.2, 0.25) is 0 Å². The zero-order valence-electron chi connectivity index (χ0n) is 16.3. The molecule has 8 nitrogen and oxygen atoms in total. The van der Waals surface area contributed by atoms with Gasteiger partial charge in [-0.3, -0.25) is 0 Å². The number of nitrogens with zero attached hydrogens (tertiary/aromatic N) is 3. The van der Waals surface area contributed by atoms with Crippen molar-refractivity contribution in [1.82, 2.24) is 19.2 Å². The third kappa shape index (κ3) is 3.61. The largest absolute Gasteiger partial charge is 0.449 e. The van der Waals surface area contributed by atoms with Crippen LogP contribution in [0.4, 0.5) is 4.79 Å². The van der Waals surface area contributed by atoms with Crippen molar-refractivity contribution < 1.29 is 17.9 Å². The quantitative estimate of drug-likeness (QED) is 0.804. The Hall–Kier alpha value is -2.13. The molecule has 1 saturated carbocycles. The molecular formula is C20H26N4O4S. The van der Waals surface area contributed by atoms with Gasteiger partial charge in [0.25, 0.3) is 0 Å². The van der Waals surface area contributed by atoms with Crippen molar-refractivity contribution in [3.8, 4) is 0 Å². The molecule has 2 aromatic rings. The Kier molecular flexibility index (Phi) is 4.74. The first kappa shape index (κ1) is 18.9. The van der Waals surface area contributed by atoms with Gasteiger partial charge in [-0.25, -0.2) is 22.5 Å². The van der Waals surface area contributed by atoms with Crippen LogP contribution < -0.4 is 0 Å². The molecule has 0 spiro atoms. The minimum Gasteiger partial charge on any atom is -0.449 e. The van der Waals surface area contributed by atoms with Crippen LogP contribution in [0.3, 0.4) is 0 Å². The molecule has 156 valence electrons. The van der Waals surface area contributed by atoms with E-state index in [1.54, 1.807) is 10.5 Å². The second kappa shape index (κ2) is 7.28. The van der Waals surface area contributed by atoms with Crippen LogP contribution in [0.25, 0.3) is 11.0 Å². The minimum absolute atomic E-state index is 0.236. The molecule has 2 aromatic heterocycles. The normalized spacial score (nSPS) is 22.0. The molecule has 1 aliphatic carbocycles. The van der Waals surface area contributed by atoms with E-state index in [2.05, 4.69) is 16.0 Å². The molecule has 0 aromatic carbocycles. The summed E-state index contributed by atoms with van der Waals surface area (Å²) in [5.41, 5.74) is 2.10. The highest BCUT2D eigenvalue weighted by molar-refractivity contribution is 7.89. The molecule has 2 saturated heterocycles. The van der Waals surface area contributed by atoms with E-state index in [1.807, 2.05) is 12.3 Å². The molecule has 2 aliphatic heterocycles. The summed E-state index contributed by atoms with van der Waals surface area (Å²) in [7, 11) is -3.38. The van der Waals surface area contributed by atoms with Gasteiger partial charge in [0, 0.05) is 44.0 Å². The average Bonchev–Trinajstić information content (AvgIpc) is 3.42. The van der Waals surface area contributed by atoms with Crippen LogP contribution in [-0.2, 0) is 14.8 Å². The van der Waals surface area contributed by atoms with E-state index in [-0.39, 0.29) is 19.2 Å². The lowest BCUT2D eigenvalue weighted by Crippen LogP contribution is -2.60. The van der Waals surface area contributed by atoms with Gasteiger partial charge in [0.1, 0.15) is 10.9 Å². The van der Waals surface area contributed by atoms with Crippen LogP contribution in [0, 0.1) is 5.92 Å². The number of ether oxygens (including phenoxy) is 1. The lowest BCUT2D eigenvalue weighted by Gasteiger charge is -2.41. The van der Waals surface area contributed by atoms with E-state index >= 15 is 0 Å². The Balaban J connectivity index is 1.16. The second-order valence-electron chi connectivity index (χ2n) is 8.41. The Morgan fingerprint density at radius 3 is 2.69 bits per heavy atom. The number of pyridine rings is 1. The van der Waals surface area contributed by atoms with Gasteiger partial charge in [0.2, 0.25) is 10.0 Å². The summed E-state index contributed by atoms with van der Waals surface area (Å²) in [5, 5.41) is 0.609. The number of hydrogen-bond donors (Lipinski definition) is 1. The number of piperidine rings is 1. The van der Waals surface area contributed by atoms with E-state index in [4.69, 9.17) is 4.74 Å². The maximum atomic E-state index is 12.9. The van der Waals surface area contributed by atoms with Gasteiger partial charge >= 0.3 is 6.09 Å². The zero-order chi connectivity index (χ0) is 20.0. The maximum absolute atomic E-state index is 12.9. The van der Waals surface area contributed by atoms with Crippen LogP contribution in [-0.4, -0.2) is 71.7 Å². The third-order valence-electron chi connectivity index (χ3n) is 6.40. The van der Waals surface area contributed by atoms with Crippen molar-refractivity contribution in [3.63, 3.8) is 0 Å². The highest BCUT2D eigenvalue weighted by Crippen LogP contribution is 2.34. The Morgan fingerprint density at radius 2 is 1.97 bits per heavy atom. The molecule has 9 heteroatoms. The Morgan fingerprint density at radius 1 is 1.21 bits per heavy atom. The summed E-state index contributed by atoms with van der Waals surface area (Å²) in [6, 6.07) is 3.99. The van der Waals surface area contributed by atoms with Gasteiger partial charge < -0.3 is 14.6 Å². The topological polar surface area (TPSA) is 95.6 Å². The number of carbonyl (C=O) groups is 1. The molecule has 29 heavy (non-hydrogen) atoms. The first-order valence-electron chi connectivity index (χ1n) is 10.3. The zero-order valence-corrected chi connectivity index (χ0v) is 17.1. The molecular weight excluding hydrogens is 392 g/mol. The van der Waals surface area contributed by atoms with E-state index in [1.165, 1.54) is 10.5 Å². The van der Waals surface area contributed by atoms with Crippen molar-refractivity contribution in [1.29, 1.82) is 0 Å². The predicted octanol–water partition coefficient (Wildman–Crippen LogP) is 2.30. The van der Waals surface area contributed by atoms with Gasteiger partial charge in [-0.1, -0.05) is 0 Å². The molecule has 5 rings (SSSR count). The molecule has 0 bridgehead atoms. The standard InChI is InChI=1S/C20H26N4O4S/c25-20(28-13-14-3-4-14)23-11-16(12-23)29(26,27)24-8-5-15(6-9-24)18-10-22-19-17(18)2-1-7-21-19/h1-2,7,10,14-16H,3-6,8-9,11-13H2,(H,21,22). The molecule has 1 amide bonds. The number of fused-ring (bicyclic) bond motifs is 1. The summed E-state index contributed by atoms with van der Waals surface area (Å²) >= 11 is 0. The maximum Gasteiger partial charge on any atom is 0.409 e. The van der Waals surface area contributed by atoms with Crippen molar-refractivity contribution in [2.45, 2.75) is 36.9 Å². The van der Waals surface area contributed by atoms with Crippen LogP contribution in [0.1, 0.15) is 37.2 Å². The van der Waals surface area contributed by atoms with Gasteiger partial charge in [0.15, 0.2) is 0 Å². The number of H-pyrrole nitrogens is 1. The summed E-state index contributed by atoms with van der Waals surface area (Å²) in [4.78, 5) is 21.0. The van der Waals surface area contributed by atoms with Crippen molar-refractivity contribution >= 4 is 27.1 Å². The predicted molar refractivity (Wildman–Crippen MR) is 108 cm³/mol. The van der Waals surface area contributed by atoms with E-state index in [9.17, 15) is 13.2 Å². The fourth-order valence-electron chi connectivity index (χ4n) is 4.29. The summed E-state index contributed by atoms with van der Waals surface area (Å²) in [6.45, 7) is 1.97. The fraction of sp³-hybridized carbons (Fsp3) is 0.600. The lowest BCUT2D eigenvalue weighted by atomic mass is 9.90. The summed E-state index contributed by atoms with van der Waals surface area (Å²) in [5.74, 6) is 0.837. The number of sulfonamides is 1. The van der Waals surface area contributed by atoms with Gasteiger partial charge in [-0.2, -0.15) is 0 Å².